The number of anilines is 1. The van der Waals surface area contributed by atoms with Crippen LogP contribution in [0.15, 0.2) is 42.6 Å². The minimum atomic E-state index is 0.252. The van der Waals surface area contributed by atoms with Gasteiger partial charge in [-0.15, -0.1) is 0 Å². The van der Waals surface area contributed by atoms with Gasteiger partial charge in [0.05, 0.1) is 5.52 Å². The summed E-state index contributed by atoms with van der Waals surface area (Å²) in [6.45, 7) is 4.28. The number of aromatic hydroxyl groups is 1. The van der Waals surface area contributed by atoms with Crippen LogP contribution in [-0.2, 0) is 0 Å². The van der Waals surface area contributed by atoms with Crippen molar-refractivity contribution in [3.05, 3.63) is 48.2 Å². The zero-order valence-corrected chi connectivity index (χ0v) is 16.1. The number of hydrogen-bond donors (Lipinski definition) is 2. The number of benzene rings is 2. The van der Waals surface area contributed by atoms with Crippen LogP contribution in [0.3, 0.4) is 0 Å². The van der Waals surface area contributed by atoms with Gasteiger partial charge in [-0.3, -0.25) is 0 Å². The maximum atomic E-state index is 10.6. The van der Waals surface area contributed by atoms with E-state index in [1.807, 2.05) is 30.5 Å². The molecule has 4 heteroatoms. The molecule has 2 N–H and O–H groups in total. The normalized spacial score (nSPS) is 16.4. The highest BCUT2D eigenvalue weighted by molar-refractivity contribution is 5.88. The number of rotatable bonds is 4. The molecule has 1 aromatic heterocycles. The molecule has 1 atom stereocenters. The Labute approximate surface area is 160 Å². The Balaban J connectivity index is 1.62. The second-order valence-electron chi connectivity index (χ2n) is 7.77. The molecule has 0 radical (unpaired) electrons. The fourth-order valence-corrected chi connectivity index (χ4v) is 4.18. The summed E-state index contributed by atoms with van der Waals surface area (Å²) < 4.78 is 0. The lowest BCUT2D eigenvalue weighted by atomic mass is 9.85. The maximum Gasteiger partial charge on any atom is 0.223 e. The first-order chi connectivity index (χ1) is 13.1. The van der Waals surface area contributed by atoms with E-state index in [0.717, 1.165) is 27.6 Å². The van der Waals surface area contributed by atoms with Gasteiger partial charge in [0.25, 0.3) is 0 Å². The summed E-state index contributed by atoms with van der Waals surface area (Å²) in [6, 6.07) is 12.2. The van der Waals surface area contributed by atoms with Gasteiger partial charge < -0.3 is 10.4 Å². The van der Waals surface area contributed by atoms with Gasteiger partial charge >= 0.3 is 0 Å². The minimum absolute atomic E-state index is 0.252. The van der Waals surface area contributed by atoms with Crippen molar-refractivity contribution in [2.45, 2.75) is 52.0 Å². The Morgan fingerprint density at radius 1 is 1.07 bits per heavy atom. The van der Waals surface area contributed by atoms with Crippen LogP contribution in [0.2, 0.25) is 0 Å². The average Bonchev–Trinajstić information content (AvgIpc) is 2.69. The van der Waals surface area contributed by atoms with E-state index in [2.05, 4.69) is 35.2 Å². The number of phenolic OH excluding ortho intramolecular Hbond substituents is 1. The fourth-order valence-electron chi connectivity index (χ4n) is 4.18. The SMILES string of the molecule is Cc1ccccc1-c1cc2cnc(NC(C)C3CCCCC3)nc2cc1O. The van der Waals surface area contributed by atoms with Gasteiger partial charge in [0.15, 0.2) is 0 Å². The van der Waals surface area contributed by atoms with E-state index >= 15 is 0 Å². The number of hydrogen-bond acceptors (Lipinski definition) is 4. The lowest BCUT2D eigenvalue weighted by Crippen LogP contribution is -2.28. The molecular formula is C23H27N3O. The number of aryl methyl sites for hydroxylation is 1. The monoisotopic (exact) mass is 361 g/mol. The lowest BCUT2D eigenvalue weighted by molar-refractivity contribution is 0.327. The number of nitrogens with one attached hydrogen (secondary N) is 1. The highest BCUT2D eigenvalue weighted by Gasteiger charge is 2.20. The molecule has 1 unspecified atom stereocenters. The molecule has 27 heavy (non-hydrogen) atoms. The third-order valence-electron chi connectivity index (χ3n) is 5.85. The number of fused-ring (bicyclic) bond motifs is 1. The topological polar surface area (TPSA) is 58.0 Å². The molecule has 0 aliphatic heterocycles. The molecule has 1 saturated carbocycles. The van der Waals surface area contributed by atoms with Gasteiger partial charge in [0, 0.05) is 29.3 Å². The highest BCUT2D eigenvalue weighted by Crippen LogP contribution is 2.35. The van der Waals surface area contributed by atoms with E-state index in [9.17, 15) is 5.11 Å². The molecule has 1 aliphatic rings. The molecule has 1 heterocycles. The largest absolute Gasteiger partial charge is 0.507 e. The van der Waals surface area contributed by atoms with Crippen LogP contribution in [0.5, 0.6) is 5.75 Å². The predicted octanol–water partition coefficient (Wildman–Crippen LogP) is 5.69. The first kappa shape index (κ1) is 17.8. The van der Waals surface area contributed by atoms with Crippen LogP contribution in [0.1, 0.15) is 44.6 Å². The van der Waals surface area contributed by atoms with Crippen molar-refractivity contribution in [1.82, 2.24) is 9.97 Å². The second kappa shape index (κ2) is 7.55. The van der Waals surface area contributed by atoms with Crippen LogP contribution in [0, 0.1) is 12.8 Å². The third kappa shape index (κ3) is 3.75. The first-order valence-electron chi connectivity index (χ1n) is 9.94. The molecule has 140 valence electrons. The maximum absolute atomic E-state index is 10.6. The van der Waals surface area contributed by atoms with Gasteiger partial charge in [0.2, 0.25) is 5.95 Å². The average molecular weight is 361 g/mol. The van der Waals surface area contributed by atoms with Gasteiger partial charge in [-0.2, -0.15) is 0 Å². The van der Waals surface area contributed by atoms with E-state index in [0.29, 0.717) is 17.9 Å². The number of phenols is 1. The number of aromatic nitrogens is 2. The molecule has 0 saturated heterocycles. The molecule has 0 bridgehead atoms. The predicted molar refractivity (Wildman–Crippen MR) is 111 cm³/mol. The van der Waals surface area contributed by atoms with Crippen LogP contribution in [0.4, 0.5) is 5.95 Å². The van der Waals surface area contributed by atoms with E-state index < -0.39 is 0 Å². The Kier molecular flexibility index (Phi) is 4.97. The summed E-state index contributed by atoms with van der Waals surface area (Å²) in [7, 11) is 0. The summed E-state index contributed by atoms with van der Waals surface area (Å²) in [5.41, 5.74) is 3.75. The Morgan fingerprint density at radius 3 is 2.63 bits per heavy atom. The Hall–Kier alpha value is -2.62. The van der Waals surface area contributed by atoms with Crippen molar-refractivity contribution in [3.8, 4) is 16.9 Å². The quantitative estimate of drug-likeness (QED) is 0.626. The van der Waals surface area contributed by atoms with Gasteiger partial charge in [-0.1, -0.05) is 43.5 Å². The first-order valence-corrected chi connectivity index (χ1v) is 9.94. The summed E-state index contributed by atoms with van der Waals surface area (Å²) in [6.07, 6.45) is 8.41. The molecule has 4 rings (SSSR count). The van der Waals surface area contributed by atoms with Gasteiger partial charge in [-0.05, 0) is 49.8 Å². The minimum Gasteiger partial charge on any atom is -0.507 e. The molecule has 0 amide bonds. The van der Waals surface area contributed by atoms with Gasteiger partial charge in [-0.25, -0.2) is 9.97 Å². The second-order valence-corrected chi connectivity index (χ2v) is 7.77. The summed E-state index contributed by atoms with van der Waals surface area (Å²) >= 11 is 0. The summed E-state index contributed by atoms with van der Waals surface area (Å²) in [5.74, 6) is 1.58. The van der Waals surface area contributed by atoms with E-state index in [-0.39, 0.29) is 5.75 Å². The van der Waals surface area contributed by atoms with Crippen LogP contribution >= 0.6 is 0 Å². The van der Waals surface area contributed by atoms with Crippen molar-refractivity contribution in [2.75, 3.05) is 5.32 Å². The summed E-state index contributed by atoms with van der Waals surface area (Å²) in [4.78, 5) is 9.17. The molecule has 4 nitrogen and oxygen atoms in total. The summed E-state index contributed by atoms with van der Waals surface area (Å²) in [5, 5.41) is 15.0. The molecule has 1 aliphatic carbocycles. The van der Waals surface area contributed by atoms with Crippen molar-refractivity contribution in [3.63, 3.8) is 0 Å². The Morgan fingerprint density at radius 2 is 1.85 bits per heavy atom. The van der Waals surface area contributed by atoms with E-state index in [4.69, 9.17) is 0 Å². The molecular weight excluding hydrogens is 334 g/mol. The van der Waals surface area contributed by atoms with Crippen molar-refractivity contribution < 1.29 is 5.11 Å². The Bertz CT molecular complexity index is 948. The lowest BCUT2D eigenvalue weighted by Gasteiger charge is -2.28. The zero-order valence-electron chi connectivity index (χ0n) is 16.1. The molecule has 0 spiro atoms. The zero-order chi connectivity index (χ0) is 18.8. The fraction of sp³-hybridized carbons (Fsp3) is 0.391. The van der Waals surface area contributed by atoms with Crippen molar-refractivity contribution >= 4 is 16.9 Å². The van der Waals surface area contributed by atoms with E-state index in [1.54, 1.807) is 6.07 Å². The standard InChI is InChI=1S/C23H27N3O/c1-15-8-6-7-11-19(15)20-12-18-14-24-23(26-21(18)13-22(20)27)25-16(2)17-9-4-3-5-10-17/h6-8,11-14,16-17,27H,3-5,9-10H2,1-2H3,(H,24,25,26). The molecule has 2 aromatic carbocycles. The van der Waals surface area contributed by atoms with Crippen LogP contribution < -0.4 is 5.32 Å². The van der Waals surface area contributed by atoms with Crippen LogP contribution in [-0.4, -0.2) is 21.1 Å². The van der Waals surface area contributed by atoms with E-state index in [1.165, 1.54) is 32.1 Å². The smallest absolute Gasteiger partial charge is 0.223 e. The molecule has 1 fully saturated rings. The number of nitrogens with zero attached hydrogens (tertiary/aromatic N) is 2. The van der Waals surface area contributed by atoms with Gasteiger partial charge in [0.1, 0.15) is 5.75 Å². The van der Waals surface area contributed by atoms with Crippen molar-refractivity contribution in [1.29, 1.82) is 0 Å². The van der Waals surface area contributed by atoms with Crippen molar-refractivity contribution in [2.24, 2.45) is 5.92 Å². The third-order valence-corrected chi connectivity index (χ3v) is 5.85. The molecule has 3 aromatic rings. The van der Waals surface area contributed by atoms with Crippen LogP contribution in [0.25, 0.3) is 22.0 Å². The highest BCUT2D eigenvalue weighted by atomic mass is 16.3.